The molecule has 0 bridgehead atoms. The largest absolute Gasteiger partial charge is 0.381 e. The number of rotatable bonds is 17. The van der Waals surface area contributed by atoms with E-state index in [0.717, 1.165) is 26.2 Å². The molecule has 0 aromatic rings. The molecule has 0 heterocycles. The lowest BCUT2D eigenvalue weighted by Crippen LogP contribution is -2.07. The molecule has 0 aliphatic carbocycles. The molecule has 20 heavy (non-hydrogen) atoms. The highest BCUT2D eigenvalue weighted by molar-refractivity contribution is 4.46. The maximum atomic E-state index is 5.59. The first kappa shape index (κ1) is 19.9. The van der Waals surface area contributed by atoms with Crippen molar-refractivity contribution in [3.8, 4) is 0 Å². The summed E-state index contributed by atoms with van der Waals surface area (Å²) in [6, 6.07) is 0. The second-order valence-corrected chi connectivity index (χ2v) is 5.17. The maximum absolute atomic E-state index is 5.59. The molecule has 0 aromatic heterocycles. The topological polar surface area (TPSA) is 27.7 Å². The van der Waals surface area contributed by atoms with Crippen LogP contribution in [0.3, 0.4) is 0 Å². The fraction of sp³-hybridized carbons (Fsp3) is 0.941. The Labute approximate surface area is 126 Å². The van der Waals surface area contributed by atoms with Gasteiger partial charge in [0.15, 0.2) is 0 Å². The number of hydrogen-bond acceptors (Lipinski definition) is 3. The molecule has 0 saturated carbocycles. The molecule has 0 saturated heterocycles. The van der Waals surface area contributed by atoms with Crippen molar-refractivity contribution in [2.45, 2.75) is 64.7 Å². The van der Waals surface area contributed by atoms with Crippen LogP contribution in [0.5, 0.6) is 0 Å². The van der Waals surface area contributed by atoms with E-state index in [-0.39, 0.29) is 0 Å². The van der Waals surface area contributed by atoms with E-state index in [0.29, 0.717) is 19.8 Å². The minimum atomic E-state index is 0.519. The van der Waals surface area contributed by atoms with Crippen LogP contribution in [0.4, 0.5) is 0 Å². The minimum Gasteiger partial charge on any atom is -0.381 e. The van der Waals surface area contributed by atoms with Gasteiger partial charge in [0.1, 0.15) is 0 Å². The predicted octanol–water partition coefficient (Wildman–Crippen LogP) is 4.40. The molecule has 1 radical (unpaired) electrons. The zero-order chi connectivity index (χ0) is 14.7. The Hall–Kier alpha value is -0.120. The van der Waals surface area contributed by atoms with E-state index in [1.807, 2.05) is 0 Å². The molecule has 3 heteroatoms. The number of hydrogen-bond donors (Lipinski definition) is 0. The third-order valence-corrected chi connectivity index (χ3v) is 3.24. The smallest absolute Gasteiger partial charge is 0.0700 e. The van der Waals surface area contributed by atoms with Crippen LogP contribution in [0.2, 0.25) is 0 Å². The molecule has 3 nitrogen and oxygen atoms in total. The van der Waals surface area contributed by atoms with E-state index in [9.17, 15) is 0 Å². The Morgan fingerprint density at radius 2 is 1.05 bits per heavy atom. The number of unbranched alkanes of at least 4 members (excludes halogenated alkanes) is 7. The molecular formula is C17H35O3. The summed E-state index contributed by atoms with van der Waals surface area (Å²) < 4.78 is 16.1. The van der Waals surface area contributed by atoms with Gasteiger partial charge < -0.3 is 14.2 Å². The Morgan fingerprint density at radius 1 is 0.550 bits per heavy atom. The van der Waals surface area contributed by atoms with E-state index in [1.165, 1.54) is 51.4 Å². The van der Waals surface area contributed by atoms with Gasteiger partial charge in [-0.3, -0.25) is 0 Å². The van der Waals surface area contributed by atoms with Gasteiger partial charge >= 0.3 is 0 Å². The predicted molar refractivity (Wildman–Crippen MR) is 85.0 cm³/mol. The Balaban J connectivity index is 2.89. The molecule has 0 aromatic carbocycles. The highest BCUT2D eigenvalue weighted by Crippen LogP contribution is 2.08. The summed E-state index contributed by atoms with van der Waals surface area (Å²) in [5, 5.41) is 0. The van der Waals surface area contributed by atoms with E-state index in [1.54, 1.807) is 0 Å². The van der Waals surface area contributed by atoms with Gasteiger partial charge in [0, 0.05) is 26.4 Å². The van der Waals surface area contributed by atoms with Crippen LogP contribution in [0.1, 0.15) is 64.7 Å². The van der Waals surface area contributed by atoms with Gasteiger partial charge in [-0.05, 0) is 19.8 Å². The summed E-state index contributed by atoms with van der Waals surface area (Å²) in [6.45, 7) is 10.2. The van der Waals surface area contributed by atoms with E-state index in [2.05, 4.69) is 13.8 Å². The zero-order valence-corrected chi connectivity index (χ0v) is 13.5. The molecule has 0 unspecified atom stereocenters. The highest BCUT2D eigenvalue weighted by atomic mass is 16.5. The lowest BCUT2D eigenvalue weighted by molar-refractivity contribution is 0.0424. The van der Waals surface area contributed by atoms with Crippen molar-refractivity contribution >= 4 is 0 Å². The first-order valence-corrected chi connectivity index (χ1v) is 8.44. The Kier molecular flexibility index (Phi) is 18.8. The molecular weight excluding hydrogens is 252 g/mol. The SMILES string of the molecule is [CH2]COCCOCCCOCCCCCCCCCC. The molecule has 0 aliphatic rings. The average Bonchev–Trinajstić information content (AvgIpc) is 2.47. The van der Waals surface area contributed by atoms with Crippen LogP contribution in [-0.4, -0.2) is 39.6 Å². The summed E-state index contributed by atoms with van der Waals surface area (Å²) in [4.78, 5) is 0. The van der Waals surface area contributed by atoms with Crippen LogP contribution < -0.4 is 0 Å². The van der Waals surface area contributed by atoms with Crippen LogP contribution in [0, 0.1) is 6.92 Å². The van der Waals surface area contributed by atoms with Crippen LogP contribution in [0.25, 0.3) is 0 Å². The van der Waals surface area contributed by atoms with Gasteiger partial charge in [0.05, 0.1) is 13.2 Å². The van der Waals surface area contributed by atoms with E-state index < -0.39 is 0 Å². The monoisotopic (exact) mass is 287 g/mol. The molecule has 0 N–H and O–H groups in total. The van der Waals surface area contributed by atoms with Gasteiger partial charge in [-0.1, -0.05) is 51.9 Å². The standard InChI is InChI=1S/C17H35O3/c1-3-5-6-7-8-9-10-11-13-19-14-12-15-20-17-16-18-4-2/h2-17H2,1H3. The maximum Gasteiger partial charge on any atom is 0.0700 e. The zero-order valence-electron chi connectivity index (χ0n) is 13.5. The van der Waals surface area contributed by atoms with Crippen LogP contribution in [0.15, 0.2) is 0 Å². The van der Waals surface area contributed by atoms with Crippen molar-refractivity contribution in [3.05, 3.63) is 6.92 Å². The summed E-state index contributed by atoms with van der Waals surface area (Å²) in [6.07, 6.45) is 11.8. The van der Waals surface area contributed by atoms with Gasteiger partial charge in [0.2, 0.25) is 0 Å². The second kappa shape index (κ2) is 18.9. The lowest BCUT2D eigenvalue weighted by atomic mass is 10.1. The van der Waals surface area contributed by atoms with Crippen molar-refractivity contribution < 1.29 is 14.2 Å². The van der Waals surface area contributed by atoms with Crippen LogP contribution in [-0.2, 0) is 14.2 Å². The van der Waals surface area contributed by atoms with Crippen molar-refractivity contribution in [1.82, 2.24) is 0 Å². The summed E-state index contributed by atoms with van der Waals surface area (Å²) in [7, 11) is 0. The van der Waals surface area contributed by atoms with Gasteiger partial charge in [0.25, 0.3) is 0 Å². The first-order chi connectivity index (χ1) is 9.91. The normalized spacial score (nSPS) is 11.1. The Bertz CT molecular complexity index is 144. The summed E-state index contributed by atoms with van der Waals surface area (Å²) in [5.74, 6) is 0. The van der Waals surface area contributed by atoms with Gasteiger partial charge in [-0.25, -0.2) is 0 Å². The van der Waals surface area contributed by atoms with Crippen molar-refractivity contribution in [2.75, 3.05) is 39.6 Å². The highest BCUT2D eigenvalue weighted by Gasteiger charge is 1.93. The lowest BCUT2D eigenvalue weighted by Gasteiger charge is -2.06. The molecule has 0 spiro atoms. The third-order valence-electron chi connectivity index (χ3n) is 3.24. The van der Waals surface area contributed by atoms with Crippen molar-refractivity contribution in [1.29, 1.82) is 0 Å². The molecule has 0 atom stereocenters. The van der Waals surface area contributed by atoms with E-state index >= 15 is 0 Å². The van der Waals surface area contributed by atoms with Gasteiger partial charge in [-0.15, -0.1) is 0 Å². The molecule has 0 fully saturated rings. The second-order valence-electron chi connectivity index (χ2n) is 5.17. The van der Waals surface area contributed by atoms with Crippen molar-refractivity contribution in [2.24, 2.45) is 0 Å². The average molecular weight is 287 g/mol. The molecule has 0 aliphatic heterocycles. The first-order valence-electron chi connectivity index (χ1n) is 8.44. The minimum absolute atomic E-state index is 0.519. The molecule has 121 valence electrons. The summed E-state index contributed by atoms with van der Waals surface area (Å²) in [5.41, 5.74) is 0. The van der Waals surface area contributed by atoms with Gasteiger partial charge in [-0.2, -0.15) is 0 Å². The molecule has 0 rings (SSSR count). The quantitative estimate of drug-likeness (QED) is 0.371. The fourth-order valence-corrected chi connectivity index (χ4v) is 2.03. The molecule has 0 amide bonds. The van der Waals surface area contributed by atoms with E-state index in [4.69, 9.17) is 14.2 Å². The fourth-order valence-electron chi connectivity index (χ4n) is 2.03. The number of ether oxygens (including phenoxy) is 3. The Morgan fingerprint density at radius 3 is 1.70 bits per heavy atom. The van der Waals surface area contributed by atoms with Crippen molar-refractivity contribution in [3.63, 3.8) is 0 Å². The van der Waals surface area contributed by atoms with Crippen LogP contribution >= 0.6 is 0 Å². The third kappa shape index (κ3) is 17.9. The summed E-state index contributed by atoms with van der Waals surface area (Å²) >= 11 is 0.